The van der Waals surface area contributed by atoms with Crippen molar-refractivity contribution in [2.24, 2.45) is 0 Å². The molecule has 0 spiro atoms. The standard InChI is InChI=1S/C12H16O/c1-8-5-9(2)11(10(3)6-8)12(4)7-13-12/h5-6H,7H2,1-4H3. The maximum Gasteiger partial charge on any atom is 0.114 e. The summed E-state index contributed by atoms with van der Waals surface area (Å²) in [6.07, 6.45) is 0. The van der Waals surface area contributed by atoms with E-state index in [-0.39, 0.29) is 5.60 Å². The first kappa shape index (κ1) is 8.76. The molecule has 1 saturated heterocycles. The van der Waals surface area contributed by atoms with Crippen LogP contribution in [0.3, 0.4) is 0 Å². The van der Waals surface area contributed by atoms with Crippen molar-refractivity contribution in [2.45, 2.75) is 33.3 Å². The first-order chi connectivity index (χ1) is 6.03. The van der Waals surface area contributed by atoms with Crippen LogP contribution < -0.4 is 0 Å². The van der Waals surface area contributed by atoms with Crippen LogP contribution in [0, 0.1) is 20.8 Å². The second-order valence-corrected chi connectivity index (χ2v) is 4.29. The van der Waals surface area contributed by atoms with Crippen molar-refractivity contribution in [1.29, 1.82) is 0 Å². The Kier molecular flexibility index (Phi) is 1.74. The summed E-state index contributed by atoms with van der Waals surface area (Å²) in [7, 11) is 0. The van der Waals surface area contributed by atoms with E-state index in [4.69, 9.17) is 4.74 Å². The lowest BCUT2D eigenvalue weighted by atomic mass is 9.91. The van der Waals surface area contributed by atoms with Crippen molar-refractivity contribution in [3.05, 3.63) is 34.4 Å². The highest BCUT2D eigenvalue weighted by Gasteiger charge is 2.43. The van der Waals surface area contributed by atoms with E-state index in [1.165, 1.54) is 22.3 Å². The maximum atomic E-state index is 5.48. The Morgan fingerprint density at radius 2 is 1.62 bits per heavy atom. The molecule has 1 aliphatic rings. The number of ether oxygens (including phenoxy) is 1. The third-order valence-corrected chi connectivity index (χ3v) is 2.78. The zero-order chi connectivity index (χ0) is 9.64. The smallest absolute Gasteiger partial charge is 0.114 e. The minimum Gasteiger partial charge on any atom is -0.365 e. The molecule has 0 amide bonds. The van der Waals surface area contributed by atoms with Crippen LogP contribution in [0.4, 0.5) is 0 Å². The van der Waals surface area contributed by atoms with Gasteiger partial charge in [-0.25, -0.2) is 0 Å². The molecule has 13 heavy (non-hydrogen) atoms. The molecule has 0 bridgehead atoms. The molecule has 70 valence electrons. The van der Waals surface area contributed by atoms with Gasteiger partial charge in [-0.2, -0.15) is 0 Å². The molecule has 1 heteroatoms. The fraction of sp³-hybridized carbons (Fsp3) is 0.500. The summed E-state index contributed by atoms with van der Waals surface area (Å²) in [5, 5.41) is 0. The quantitative estimate of drug-likeness (QED) is 0.599. The molecular formula is C12H16O. The van der Waals surface area contributed by atoms with Gasteiger partial charge < -0.3 is 4.74 Å². The Balaban J connectivity index is 2.57. The molecule has 1 aromatic rings. The van der Waals surface area contributed by atoms with Crippen molar-refractivity contribution in [2.75, 3.05) is 6.61 Å². The topological polar surface area (TPSA) is 12.5 Å². The summed E-state index contributed by atoms with van der Waals surface area (Å²) < 4.78 is 5.48. The van der Waals surface area contributed by atoms with E-state index in [0.29, 0.717) is 0 Å². The summed E-state index contributed by atoms with van der Waals surface area (Å²) in [5.74, 6) is 0. The van der Waals surface area contributed by atoms with E-state index in [9.17, 15) is 0 Å². The Morgan fingerprint density at radius 1 is 1.15 bits per heavy atom. The third-order valence-electron chi connectivity index (χ3n) is 2.78. The summed E-state index contributed by atoms with van der Waals surface area (Å²) in [4.78, 5) is 0. The number of hydrogen-bond acceptors (Lipinski definition) is 1. The van der Waals surface area contributed by atoms with E-state index >= 15 is 0 Å². The Hall–Kier alpha value is -0.820. The van der Waals surface area contributed by atoms with Crippen LogP contribution in [0.5, 0.6) is 0 Å². The van der Waals surface area contributed by atoms with Crippen LogP contribution in [0.15, 0.2) is 12.1 Å². The van der Waals surface area contributed by atoms with Crippen LogP contribution in [-0.4, -0.2) is 6.61 Å². The maximum absolute atomic E-state index is 5.48. The summed E-state index contributed by atoms with van der Waals surface area (Å²) in [5.41, 5.74) is 5.46. The van der Waals surface area contributed by atoms with E-state index in [0.717, 1.165) is 6.61 Å². The lowest BCUT2D eigenvalue weighted by Gasteiger charge is -2.14. The summed E-state index contributed by atoms with van der Waals surface area (Å²) in [6, 6.07) is 4.46. The van der Waals surface area contributed by atoms with Crippen molar-refractivity contribution in [3.63, 3.8) is 0 Å². The van der Waals surface area contributed by atoms with E-state index in [1.54, 1.807) is 0 Å². The second kappa shape index (κ2) is 2.58. The van der Waals surface area contributed by atoms with E-state index in [1.807, 2.05) is 0 Å². The average molecular weight is 176 g/mol. The van der Waals surface area contributed by atoms with Crippen LogP contribution in [0.1, 0.15) is 29.2 Å². The van der Waals surface area contributed by atoms with Gasteiger partial charge in [-0.15, -0.1) is 0 Å². The van der Waals surface area contributed by atoms with Crippen LogP contribution in [0.2, 0.25) is 0 Å². The van der Waals surface area contributed by atoms with Crippen molar-refractivity contribution >= 4 is 0 Å². The Labute approximate surface area is 79.7 Å². The molecule has 1 heterocycles. The molecule has 0 aromatic heterocycles. The van der Waals surface area contributed by atoms with E-state index < -0.39 is 0 Å². The van der Waals surface area contributed by atoms with Gasteiger partial charge in [0.2, 0.25) is 0 Å². The third kappa shape index (κ3) is 1.37. The lowest BCUT2D eigenvalue weighted by molar-refractivity contribution is 0.327. The van der Waals surface area contributed by atoms with E-state index in [2.05, 4.69) is 39.8 Å². The van der Waals surface area contributed by atoms with Gasteiger partial charge in [0.15, 0.2) is 0 Å². The molecule has 1 nitrogen and oxygen atoms in total. The normalized spacial score (nSPS) is 26.2. The predicted octanol–water partition coefficient (Wildman–Crippen LogP) is 2.86. The number of aryl methyl sites for hydroxylation is 3. The molecule has 1 aliphatic heterocycles. The molecule has 1 atom stereocenters. The van der Waals surface area contributed by atoms with Crippen LogP contribution in [-0.2, 0) is 10.3 Å². The van der Waals surface area contributed by atoms with Crippen molar-refractivity contribution in [3.8, 4) is 0 Å². The molecule has 0 saturated carbocycles. The molecule has 2 rings (SSSR count). The highest BCUT2D eigenvalue weighted by atomic mass is 16.6. The summed E-state index contributed by atoms with van der Waals surface area (Å²) in [6.45, 7) is 9.51. The predicted molar refractivity (Wildman–Crippen MR) is 54.0 cm³/mol. The van der Waals surface area contributed by atoms with Gasteiger partial charge in [0.05, 0.1) is 6.61 Å². The van der Waals surface area contributed by atoms with Crippen LogP contribution in [0.25, 0.3) is 0 Å². The summed E-state index contributed by atoms with van der Waals surface area (Å²) >= 11 is 0. The lowest BCUT2D eigenvalue weighted by Crippen LogP contribution is -2.07. The first-order valence-electron chi connectivity index (χ1n) is 4.75. The SMILES string of the molecule is Cc1cc(C)c(C2(C)CO2)c(C)c1. The van der Waals surface area contributed by atoms with Gasteiger partial charge in [-0.3, -0.25) is 0 Å². The van der Waals surface area contributed by atoms with Gasteiger partial charge in [0, 0.05) is 0 Å². The molecule has 0 aliphatic carbocycles. The molecule has 1 fully saturated rings. The highest BCUT2D eigenvalue weighted by molar-refractivity contribution is 5.43. The fourth-order valence-electron chi connectivity index (χ4n) is 2.27. The number of benzene rings is 1. The molecule has 1 unspecified atom stereocenters. The number of rotatable bonds is 1. The van der Waals surface area contributed by atoms with Gasteiger partial charge in [0.1, 0.15) is 5.60 Å². The Bertz CT molecular complexity index is 325. The Morgan fingerprint density at radius 3 is 2.00 bits per heavy atom. The number of hydrogen-bond donors (Lipinski definition) is 0. The average Bonchev–Trinajstić information content (AvgIpc) is 2.65. The second-order valence-electron chi connectivity index (χ2n) is 4.29. The molecule has 0 radical (unpaired) electrons. The highest BCUT2D eigenvalue weighted by Crippen LogP contribution is 2.41. The fourth-order valence-corrected chi connectivity index (χ4v) is 2.27. The van der Waals surface area contributed by atoms with Crippen molar-refractivity contribution in [1.82, 2.24) is 0 Å². The zero-order valence-corrected chi connectivity index (χ0v) is 8.77. The largest absolute Gasteiger partial charge is 0.365 e. The van der Waals surface area contributed by atoms with Gasteiger partial charge in [-0.05, 0) is 44.4 Å². The first-order valence-corrected chi connectivity index (χ1v) is 4.75. The minimum absolute atomic E-state index is 0.0157. The molecule has 1 aromatic carbocycles. The monoisotopic (exact) mass is 176 g/mol. The zero-order valence-electron chi connectivity index (χ0n) is 8.77. The minimum atomic E-state index is 0.0157. The van der Waals surface area contributed by atoms with Crippen LogP contribution >= 0.6 is 0 Å². The van der Waals surface area contributed by atoms with Gasteiger partial charge in [-0.1, -0.05) is 17.7 Å². The molecular weight excluding hydrogens is 160 g/mol. The molecule has 0 N–H and O–H groups in total. The van der Waals surface area contributed by atoms with Gasteiger partial charge >= 0.3 is 0 Å². The van der Waals surface area contributed by atoms with Gasteiger partial charge in [0.25, 0.3) is 0 Å². The van der Waals surface area contributed by atoms with Crippen molar-refractivity contribution < 1.29 is 4.74 Å². The number of epoxide rings is 1.